The quantitative estimate of drug-likeness (QED) is 0.676. The Labute approximate surface area is 99.1 Å². The SMILES string of the molecule is OCCn1cc(I)c2c(Cl)ncnc21. The van der Waals surface area contributed by atoms with Gasteiger partial charge in [0.25, 0.3) is 0 Å². The lowest BCUT2D eigenvalue weighted by Gasteiger charge is -2.00. The topological polar surface area (TPSA) is 50.9 Å². The average molecular weight is 324 g/mol. The second-order valence-electron chi connectivity index (χ2n) is 2.76. The van der Waals surface area contributed by atoms with E-state index in [0.717, 1.165) is 14.6 Å². The van der Waals surface area contributed by atoms with Crippen LogP contribution in [-0.4, -0.2) is 26.2 Å². The maximum absolute atomic E-state index is 8.86. The summed E-state index contributed by atoms with van der Waals surface area (Å²) in [4.78, 5) is 8.05. The molecule has 14 heavy (non-hydrogen) atoms. The van der Waals surface area contributed by atoms with E-state index in [1.807, 2.05) is 10.8 Å². The zero-order valence-electron chi connectivity index (χ0n) is 7.11. The first kappa shape index (κ1) is 10.1. The van der Waals surface area contributed by atoms with Crippen LogP contribution in [0.2, 0.25) is 5.15 Å². The van der Waals surface area contributed by atoms with Gasteiger partial charge in [0.15, 0.2) is 0 Å². The van der Waals surface area contributed by atoms with Gasteiger partial charge in [0.2, 0.25) is 0 Å². The lowest BCUT2D eigenvalue weighted by Crippen LogP contribution is -2.01. The van der Waals surface area contributed by atoms with Crippen molar-refractivity contribution >= 4 is 45.2 Å². The molecule has 0 aromatic carbocycles. The molecule has 4 nitrogen and oxygen atoms in total. The molecule has 0 radical (unpaired) electrons. The van der Waals surface area contributed by atoms with Gasteiger partial charge in [-0.3, -0.25) is 0 Å². The highest BCUT2D eigenvalue weighted by Gasteiger charge is 2.10. The number of halogens is 2. The number of hydrogen-bond acceptors (Lipinski definition) is 3. The Bertz CT molecular complexity index is 471. The molecule has 2 rings (SSSR count). The van der Waals surface area contributed by atoms with Gasteiger partial charge in [-0.2, -0.15) is 0 Å². The summed E-state index contributed by atoms with van der Waals surface area (Å²) < 4.78 is 2.86. The normalized spacial score (nSPS) is 11.1. The lowest BCUT2D eigenvalue weighted by molar-refractivity contribution is 0.278. The molecular formula is C8H7ClIN3O. The standard InChI is InChI=1S/C8H7ClIN3O/c9-7-6-5(10)3-13(1-2-14)8(6)12-4-11-7/h3-4,14H,1-2H2. The Morgan fingerprint density at radius 1 is 1.50 bits per heavy atom. The van der Waals surface area contributed by atoms with Crippen molar-refractivity contribution in [2.75, 3.05) is 6.61 Å². The Morgan fingerprint density at radius 3 is 3.00 bits per heavy atom. The summed E-state index contributed by atoms with van der Waals surface area (Å²) >= 11 is 8.12. The smallest absolute Gasteiger partial charge is 0.146 e. The maximum atomic E-state index is 8.86. The van der Waals surface area contributed by atoms with Crippen molar-refractivity contribution < 1.29 is 5.11 Å². The van der Waals surface area contributed by atoms with E-state index in [-0.39, 0.29) is 6.61 Å². The number of aliphatic hydroxyl groups excluding tert-OH is 1. The lowest BCUT2D eigenvalue weighted by atomic mass is 10.4. The first-order chi connectivity index (χ1) is 6.74. The molecule has 0 saturated heterocycles. The second kappa shape index (κ2) is 4.00. The van der Waals surface area contributed by atoms with E-state index in [1.165, 1.54) is 6.33 Å². The summed E-state index contributed by atoms with van der Waals surface area (Å²) in [5.41, 5.74) is 0.767. The van der Waals surface area contributed by atoms with Gasteiger partial charge < -0.3 is 9.67 Å². The van der Waals surface area contributed by atoms with Crippen LogP contribution in [0, 0.1) is 3.57 Å². The second-order valence-corrected chi connectivity index (χ2v) is 4.28. The van der Waals surface area contributed by atoms with Crippen molar-refractivity contribution in [3.05, 3.63) is 21.2 Å². The highest BCUT2D eigenvalue weighted by molar-refractivity contribution is 14.1. The first-order valence-electron chi connectivity index (χ1n) is 3.99. The Balaban J connectivity index is 2.71. The van der Waals surface area contributed by atoms with Crippen molar-refractivity contribution in [3.8, 4) is 0 Å². The molecule has 0 saturated carbocycles. The predicted molar refractivity (Wildman–Crippen MR) is 62.3 cm³/mol. The number of hydrogen-bond donors (Lipinski definition) is 1. The Morgan fingerprint density at radius 2 is 2.29 bits per heavy atom. The van der Waals surface area contributed by atoms with Gasteiger partial charge in [-0.1, -0.05) is 11.6 Å². The van der Waals surface area contributed by atoms with E-state index in [9.17, 15) is 0 Å². The van der Waals surface area contributed by atoms with E-state index in [0.29, 0.717) is 11.7 Å². The predicted octanol–water partition coefficient (Wildman–Crippen LogP) is 1.68. The van der Waals surface area contributed by atoms with Crippen molar-refractivity contribution in [3.63, 3.8) is 0 Å². The fraction of sp³-hybridized carbons (Fsp3) is 0.250. The van der Waals surface area contributed by atoms with Crippen molar-refractivity contribution in [2.24, 2.45) is 0 Å². The number of fused-ring (bicyclic) bond motifs is 1. The van der Waals surface area contributed by atoms with E-state index >= 15 is 0 Å². The van der Waals surface area contributed by atoms with Crippen LogP contribution in [0.1, 0.15) is 0 Å². The maximum Gasteiger partial charge on any atom is 0.146 e. The highest BCUT2D eigenvalue weighted by Crippen LogP contribution is 2.26. The molecule has 2 aromatic heterocycles. The number of aliphatic hydroxyl groups is 1. The minimum atomic E-state index is 0.0848. The average Bonchev–Trinajstić information content (AvgIpc) is 2.46. The fourth-order valence-electron chi connectivity index (χ4n) is 1.32. The van der Waals surface area contributed by atoms with E-state index < -0.39 is 0 Å². The molecule has 0 bridgehead atoms. The molecule has 6 heteroatoms. The largest absolute Gasteiger partial charge is 0.395 e. The van der Waals surface area contributed by atoms with Crippen LogP contribution in [0.15, 0.2) is 12.5 Å². The molecule has 74 valence electrons. The van der Waals surface area contributed by atoms with Crippen LogP contribution >= 0.6 is 34.2 Å². The summed E-state index contributed by atoms with van der Waals surface area (Å²) in [5.74, 6) is 0. The molecule has 0 aliphatic rings. The van der Waals surface area contributed by atoms with Crippen LogP contribution in [0.25, 0.3) is 11.0 Å². The zero-order chi connectivity index (χ0) is 10.1. The molecule has 0 aliphatic heterocycles. The molecule has 0 spiro atoms. The minimum Gasteiger partial charge on any atom is -0.395 e. The number of aromatic nitrogens is 3. The number of nitrogens with zero attached hydrogens (tertiary/aromatic N) is 3. The zero-order valence-corrected chi connectivity index (χ0v) is 10.0. The summed E-state index contributed by atoms with van der Waals surface area (Å²) in [7, 11) is 0. The molecule has 2 heterocycles. The van der Waals surface area contributed by atoms with Crippen LogP contribution in [0.4, 0.5) is 0 Å². The molecule has 0 unspecified atom stereocenters. The van der Waals surface area contributed by atoms with Crippen LogP contribution in [-0.2, 0) is 6.54 Å². The summed E-state index contributed by atoms with van der Waals surface area (Å²) in [6.45, 7) is 0.605. The summed E-state index contributed by atoms with van der Waals surface area (Å²) in [6.07, 6.45) is 3.33. The highest BCUT2D eigenvalue weighted by atomic mass is 127. The van der Waals surface area contributed by atoms with Gasteiger partial charge in [0.1, 0.15) is 17.1 Å². The van der Waals surface area contributed by atoms with Crippen molar-refractivity contribution in [1.29, 1.82) is 0 Å². The van der Waals surface area contributed by atoms with E-state index in [4.69, 9.17) is 16.7 Å². The third-order valence-electron chi connectivity index (χ3n) is 1.90. The molecule has 0 amide bonds. The summed E-state index contributed by atoms with van der Waals surface area (Å²) in [6, 6.07) is 0. The monoisotopic (exact) mass is 323 g/mol. The van der Waals surface area contributed by atoms with E-state index in [1.54, 1.807) is 0 Å². The Hall–Kier alpha value is -0.400. The van der Waals surface area contributed by atoms with Crippen LogP contribution < -0.4 is 0 Å². The third-order valence-corrected chi connectivity index (χ3v) is 3.01. The van der Waals surface area contributed by atoms with Crippen molar-refractivity contribution in [1.82, 2.24) is 14.5 Å². The number of rotatable bonds is 2. The van der Waals surface area contributed by atoms with Crippen LogP contribution in [0.5, 0.6) is 0 Å². The van der Waals surface area contributed by atoms with Gasteiger partial charge in [-0.15, -0.1) is 0 Å². The Kier molecular flexibility index (Phi) is 2.89. The molecule has 0 fully saturated rings. The van der Waals surface area contributed by atoms with Gasteiger partial charge in [-0.05, 0) is 22.6 Å². The van der Waals surface area contributed by atoms with Gasteiger partial charge in [0.05, 0.1) is 12.0 Å². The minimum absolute atomic E-state index is 0.0848. The van der Waals surface area contributed by atoms with E-state index in [2.05, 4.69) is 32.6 Å². The molecule has 2 aromatic rings. The molecular weight excluding hydrogens is 316 g/mol. The van der Waals surface area contributed by atoms with Crippen molar-refractivity contribution in [2.45, 2.75) is 6.54 Å². The third kappa shape index (κ3) is 1.59. The molecule has 0 atom stereocenters. The van der Waals surface area contributed by atoms with Gasteiger partial charge >= 0.3 is 0 Å². The summed E-state index contributed by atoms with van der Waals surface area (Å²) in [5, 5.41) is 10.2. The fourth-order valence-corrected chi connectivity index (χ4v) is 2.54. The first-order valence-corrected chi connectivity index (χ1v) is 5.45. The van der Waals surface area contributed by atoms with Gasteiger partial charge in [-0.25, -0.2) is 9.97 Å². The molecule has 1 N–H and O–H groups in total. The molecule has 0 aliphatic carbocycles. The van der Waals surface area contributed by atoms with Gasteiger partial charge in [0, 0.05) is 16.3 Å². The van der Waals surface area contributed by atoms with Crippen LogP contribution in [0.3, 0.4) is 0 Å².